The molecule has 4 aliphatic rings. The summed E-state index contributed by atoms with van der Waals surface area (Å²) >= 11 is 0. The Hall–Kier alpha value is -1.17. The van der Waals surface area contributed by atoms with Gasteiger partial charge in [-0.2, -0.15) is 0 Å². The molecule has 0 spiro atoms. The van der Waals surface area contributed by atoms with E-state index < -0.39 is 17.2 Å². The minimum atomic E-state index is -1.93. The standard InChI is InChI=1S/C30H48O5/c1-19(14-16-28(4,32)29(5,33)26(31)35-7)23-12-13-24-21(9-8-15-27(23,24)3)17-25(34-6)30-18-22(30)11-10-20(30)2/h17,19,22-25,32-33H,2,8-16,18H2,1,3-7H3/b21-17+/t19-,22-,23-,24+,25-,27-,28?,29?,30-/m1/s1. The van der Waals surface area contributed by atoms with Crippen molar-refractivity contribution in [1.82, 2.24) is 0 Å². The van der Waals surface area contributed by atoms with Gasteiger partial charge >= 0.3 is 5.97 Å². The van der Waals surface area contributed by atoms with Gasteiger partial charge in [0.2, 0.25) is 0 Å². The van der Waals surface area contributed by atoms with E-state index in [0.29, 0.717) is 24.2 Å². The van der Waals surface area contributed by atoms with Gasteiger partial charge in [0.25, 0.3) is 0 Å². The van der Waals surface area contributed by atoms with Crippen molar-refractivity contribution in [2.45, 2.75) is 109 Å². The molecule has 9 atom stereocenters. The van der Waals surface area contributed by atoms with Gasteiger partial charge in [-0.05, 0) is 107 Å². The Kier molecular flexibility index (Phi) is 7.14. The van der Waals surface area contributed by atoms with E-state index in [2.05, 4.69) is 26.5 Å². The third-order valence-electron chi connectivity index (χ3n) is 11.2. The van der Waals surface area contributed by atoms with Crippen LogP contribution < -0.4 is 0 Å². The Morgan fingerprint density at radius 1 is 1.23 bits per heavy atom. The molecule has 0 radical (unpaired) electrons. The third kappa shape index (κ3) is 4.24. The summed E-state index contributed by atoms with van der Waals surface area (Å²) in [4.78, 5) is 12.1. The highest BCUT2D eigenvalue weighted by molar-refractivity contribution is 5.80. The number of aliphatic hydroxyl groups is 2. The van der Waals surface area contributed by atoms with Crippen LogP contribution in [-0.2, 0) is 14.3 Å². The summed E-state index contributed by atoms with van der Waals surface area (Å²) in [5.74, 6) is 1.51. The summed E-state index contributed by atoms with van der Waals surface area (Å²) in [6, 6.07) is 0. The number of hydrogen-bond acceptors (Lipinski definition) is 5. The first kappa shape index (κ1) is 26.9. The lowest BCUT2D eigenvalue weighted by Crippen LogP contribution is -2.56. The lowest BCUT2D eigenvalue weighted by atomic mass is 9.60. The highest BCUT2D eigenvalue weighted by Crippen LogP contribution is 2.69. The Labute approximate surface area is 212 Å². The van der Waals surface area contributed by atoms with E-state index in [0.717, 1.165) is 18.8 Å². The number of esters is 1. The molecule has 0 aromatic carbocycles. The fourth-order valence-corrected chi connectivity index (χ4v) is 8.48. The molecule has 4 aliphatic carbocycles. The van der Waals surface area contributed by atoms with Gasteiger partial charge in [0.1, 0.15) is 5.60 Å². The molecule has 198 valence electrons. The summed E-state index contributed by atoms with van der Waals surface area (Å²) in [6.07, 6.45) is 13.5. The lowest BCUT2D eigenvalue weighted by molar-refractivity contribution is -0.190. The van der Waals surface area contributed by atoms with Gasteiger partial charge in [0.05, 0.1) is 13.2 Å². The van der Waals surface area contributed by atoms with Crippen molar-refractivity contribution in [3.8, 4) is 0 Å². The second kappa shape index (κ2) is 9.29. The molecule has 2 N–H and O–H groups in total. The minimum absolute atomic E-state index is 0.159. The van der Waals surface area contributed by atoms with Crippen LogP contribution in [0.25, 0.3) is 0 Å². The van der Waals surface area contributed by atoms with Gasteiger partial charge in [-0.3, -0.25) is 0 Å². The second-order valence-electron chi connectivity index (χ2n) is 12.9. The maximum atomic E-state index is 12.1. The molecule has 5 nitrogen and oxygen atoms in total. The van der Waals surface area contributed by atoms with Crippen LogP contribution in [0.4, 0.5) is 0 Å². The molecule has 0 amide bonds. The first-order chi connectivity index (χ1) is 16.3. The van der Waals surface area contributed by atoms with Crippen molar-refractivity contribution < 1.29 is 24.5 Å². The minimum Gasteiger partial charge on any atom is -0.467 e. The maximum Gasteiger partial charge on any atom is 0.340 e. The molecule has 5 heteroatoms. The van der Waals surface area contributed by atoms with Crippen molar-refractivity contribution in [2.75, 3.05) is 14.2 Å². The maximum absolute atomic E-state index is 12.1. The molecule has 35 heavy (non-hydrogen) atoms. The number of fused-ring (bicyclic) bond motifs is 2. The zero-order valence-electron chi connectivity index (χ0n) is 22.9. The number of carbonyl (C=O) groups excluding carboxylic acids is 1. The lowest BCUT2D eigenvalue weighted by Gasteiger charge is -2.45. The summed E-state index contributed by atoms with van der Waals surface area (Å²) in [7, 11) is 3.11. The smallest absolute Gasteiger partial charge is 0.340 e. The van der Waals surface area contributed by atoms with Gasteiger partial charge in [-0.25, -0.2) is 4.79 Å². The molecule has 0 aromatic heterocycles. The zero-order chi connectivity index (χ0) is 25.8. The summed E-state index contributed by atoms with van der Waals surface area (Å²) in [5, 5.41) is 21.6. The fourth-order valence-electron chi connectivity index (χ4n) is 8.48. The van der Waals surface area contributed by atoms with Crippen molar-refractivity contribution in [1.29, 1.82) is 0 Å². The molecular weight excluding hydrogens is 440 g/mol. The van der Waals surface area contributed by atoms with E-state index in [1.807, 2.05) is 7.11 Å². The summed E-state index contributed by atoms with van der Waals surface area (Å²) < 4.78 is 10.8. The number of methoxy groups -OCH3 is 2. The van der Waals surface area contributed by atoms with Crippen LogP contribution >= 0.6 is 0 Å². The Bertz CT molecular complexity index is 872. The highest BCUT2D eigenvalue weighted by atomic mass is 16.5. The predicted molar refractivity (Wildman–Crippen MR) is 138 cm³/mol. The average Bonchev–Trinajstić information content (AvgIpc) is 3.31. The van der Waals surface area contributed by atoms with Crippen LogP contribution in [0.1, 0.15) is 91.9 Å². The van der Waals surface area contributed by atoms with Crippen LogP contribution in [0.3, 0.4) is 0 Å². The largest absolute Gasteiger partial charge is 0.467 e. The van der Waals surface area contributed by atoms with Gasteiger partial charge in [-0.1, -0.05) is 37.6 Å². The number of ether oxygens (including phenoxy) is 2. The molecule has 4 rings (SSSR count). The van der Waals surface area contributed by atoms with E-state index in [1.54, 1.807) is 12.5 Å². The number of rotatable bonds is 9. The first-order valence-corrected chi connectivity index (χ1v) is 13.8. The topological polar surface area (TPSA) is 76.0 Å². The fraction of sp³-hybridized carbons (Fsp3) is 0.833. The van der Waals surface area contributed by atoms with E-state index in [4.69, 9.17) is 9.47 Å². The number of carbonyl (C=O) groups is 1. The summed E-state index contributed by atoms with van der Waals surface area (Å²) in [6.45, 7) is 12.1. The molecule has 4 saturated carbocycles. The highest BCUT2D eigenvalue weighted by Gasteiger charge is 2.63. The third-order valence-corrected chi connectivity index (χ3v) is 11.2. The quantitative estimate of drug-likeness (QED) is 0.327. The Balaban J connectivity index is 1.47. The van der Waals surface area contributed by atoms with Crippen molar-refractivity contribution in [2.24, 2.45) is 34.5 Å². The molecular formula is C30H48O5. The number of allylic oxidation sites excluding steroid dienone is 1. The monoisotopic (exact) mass is 488 g/mol. The second-order valence-corrected chi connectivity index (χ2v) is 12.9. The SMILES string of the molecule is C=C1CC[C@@H]2C[C@@]12[C@@H](/C=C1\CCC[C@]2(C)[C@@H]([C@H](C)CCC(C)(O)C(C)(O)C(=O)OC)CC[C@@H]12)OC. The Morgan fingerprint density at radius 2 is 1.94 bits per heavy atom. The molecule has 2 unspecified atom stereocenters. The van der Waals surface area contributed by atoms with Crippen LogP contribution in [0, 0.1) is 34.5 Å². The van der Waals surface area contributed by atoms with Crippen molar-refractivity contribution in [3.63, 3.8) is 0 Å². The Morgan fingerprint density at radius 3 is 2.51 bits per heavy atom. The van der Waals surface area contributed by atoms with E-state index in [1.165, 1.54) is 64.6 Å². The summed E-state index contributed by atoms with van der Waals surface area (Å²) in [5.41, 5.74) is -0.0303. The van der Waals surface area contributed by atoms with Gasteiger partial charge in [0, 0.05) is 12.5 Å². The predicted octanol–water partition coefficient (Wildman–Crippen LogP) is 5.59. The molecule has 0 aromatic rings. The van der Waals surface area contributed by atoms with Crippen LogP contribution in [-0.4, -0.2) is 47.7 Å². The van der Waals surface area contributed by atoms with E-state index >= 15 is 0 Å². The van der Waals surface area contributed by atoms with Crippen LogP contribution in [0.2, 0.25) is 0 Å². The first-order valence-electron chi connectivity index (χ1n) is 13.8. The van der Waals surface area contributed by atoms with Crippen LogP contribution in [0.15, 0.2) is 23.8 Å². The van der Waals surface area contributed by atoms with Crippen molar-refractivity contribution in [3.05, 3.63) is 23.8 Å². The van der Waals surface area contributed by atoms with Gasteiger partial charge < -0.3 is 19.7 Å². The molecule has 0 bridgehead atoms. The zero-order valence-corrected chi connectivity index (χ0v) is 22.9. The van der Waals surface area contributed by atoms with Gasteiger partial charge in [0.15, 0.2) is 5.60 Å². The normalized spacial score (nSPS) is 40.4. The van der Waals surface area contributed by atoms with Crippen LogP contribution in [0.5, 0.6) is 0 Å². The number of hydrogen-bond donors (Lipinski definition) is 2. The van der Waals surface area contributed by atoms with E-state index in [-0.39, 0.29) is 16.9 Å². The average molecular weight is 489 g/mol. The molecule has 0 aliphatic heterocycles. The van der Waals surface area contributed by atoms with Gasteiger partial charge in [-0.15, -0.1) is 0 Å². The molecule has 4 fully saturated rings. The van der Waals surface area contributed by atoms with E-state index in [9.17, 15) is 15.0 Å². The molecule has 0 heterocycles. The molecule has 0 saturated heterocycles. The van der Waals surface area contributed by atoms with Crippen molar-refractivity contribution >= 4 is 5.97 Å².